The molecule has 1 aliphatic carbocycles. The summed E-state index contributed by atoms with van der Waals surface area (Å²) in [6.45, 7) is 10.3. The molecule has 3 aliphatic rings. The van der Waals surface area contributed by atoms with Crippen molar-refractivity contribution in [2.75, 3.05) is 13.1 Å². The summed E-state index contributed by atoms with van der Waals surface area (Å²) in [4.78, 5) is 28.7. The second-order valence-electron chi connectivity index (χ2n) is 7.37. The van der Waals surface area contributed by atoms with Gasteiger partial charge < -0.3 is 9.80 Å². The van der Waals surface area contributed by atoms with Crippen LogP contribution in [0.1, 0.15) is 47.0 Å². The van der Waals surface area contributed by atoms with Gasteiger partial charge in [0.05, 0.1) is 0 Å². The van der Waals surface area contributed by atoms with Crippen LogP contribution in [0.25, 0.3) is 0 Å². The molecule has 4 nitrogen and oxygen atoms in total. The largest absolute Gasteiger partial charge is 0.336 e. The zero-order valence-corrected chi connectivity index (χ0v) is 12.4. The molecule has 0 aromatic rings. The van der Waals surface area contributed by atoms with E-state index in [2.05, 4.69) is 27.7 Å². The van der Waals surface area contributed by atoms with Gasteiger partial charge in [-0.05, 0) is 23.7 Å². The second-order valence-corrected chi connectivity index (χ2v) is 7.37. The average Bonchev–Trinajstić information content (AvgIpc) is 2.72. The van der Waals surface area contributed by atoms with E-state index in [1.165, 1.54) is 0 Å². The topological polar surface area (TPSA) is 40.6 Å². The summed E-state index contributed by atoms with van der Waals surface area (Å²) >= 11 is 0. The van der Waals surface area contributed by atoms with Crippen LogP contribution >= 0.6 is 0 Å². The van der Waals surface area contributed by atoms with Gasteiger partial charge in [-0.15, -0.1) is 0 Å². The van der Waals surface area contributed by atoms with Crippen LogP contribution in [0.4, 0.5) is 0 Å². The number of hydrogen-bond acceptors (Lipinski definition) is 2. The first-order valence-corrected chi connectivity index (χ1v) is 7.38. The molecule has 0 spiro atoms. The maximum absolute atomic E-state index is 12.8. The van der Waals surface area contributed by atoms with Gasteiger partial charge in [0.15, 0.2) is 0 Å². The van der Waals surface area contributed by atoms with Crippen molar-refractivity contribution in [2.45, 2.75) is 59.0 Å². The van der Waals surface area contributed by atoms with Gasteiger partial charge >= 0.3 is 0 Å². The molecule has 0 aromatic carbocycles. The van der Waals surface area contributed by atoms with Crippen LogP contribution in [0.15, 0.2) is 0 Å². The summed E-state index contributed by atoms with van der Waals surface area (Å²) in [7, 11) is 0. The molecule has 0 radical (unpaired) electrons. The van der Waals surface area contributed by atoms with Gasteiger partial charge in [-0.3, -0.25) is 9.59 Å². The Bertz CT molecular complexity index is 427. The third kappa shape index (κ3) is 1.58. The average molecular weight is 264 g/mol. The van der Waals surface area contributed by atoms with E-state index in [4.69, 9.17) is 0 Å². The summed E-state index contributed by atoms with van der Waals surface area (Å²) in [6.07, 6.45) is 2.30. The minimum absolute atomic E-state index is 0.152. The van der Waals surface area contributed by atoms with Crippen molar-refractivity contribution in [3.8, 4) is 0 Å². The van der Waals surface area contributed by atoms with E-state index in [9.17, 15) is 9.59 Å². The number of nitrogens with zero attached hydrogens (tertiary/aromatic N) is 2. The Hall–Kier alpha value is -1.06. The van der Waals surface area contributed by atoms with Gasteiger partial charge in [0.2, 0.25) is 11.8 Å². The molecule has 1 unspecified atom stereocenters. The van der Waals surface area contributed by atoms with E-state index in [1.807, 2.05) is 9.80 Å². The number of carbonyl (C=O) groups is 2. The highest BCUT2D eigenvalue weighted by atomic mass is 16.2. The smallest absolute Gasteiger partial charge is 0.245 e. The van der Waals surface area contributed by atoms with E-state index in [-0.39, 0.29) is 34.7 Å². The van der Waals surface area contributed by atoms with E-state index in [0.29, 0.717) is 13.0 Å². The lowest BCUT2D eigenvalue weighted by Crippen LogP contribution is -2.45. The number of fused-ring (bicyclic) bond motifs is 1. The molecule has 2 heterocycles. The minimum atomic E-state index is -0.179. The molecule has 1 saturated carbocycles. The van der Waals surface area contributed by atoms with Crippen molar-refractivity contribution in [3.63, 3.8) is 0 Å². The lowest BCUT2D eigenvalue weighted by atomic mass is 10.0. The summed E-state index contributed by atoms with van der Waals surface area (Å²) in [5.41, 5.74) is 0.305. The van der Waals surface area contributed by atoms with Crippen LogP contribution in [0.3, 0.4) is 0 Å². The molecule has 19 heavy (non-hydrogen) atoms. The van der Waals surface area contributed by atoms with E-state index >= 15 is 0 Å². The van der Waals surface area contributed by atoms with Gasteiger partial charge in [0.1, 0.15) is 6.04 Å². The van der Waals surface area contributed by atoms with Crippen molar-refractivity contribution in [1.29, 1.82) is 0 Å². The molecule has 2 aliphatic heterocycles. The molecule has 0 N–H and O–H groups in total. The summed E-state index contributed by atoms with van der Waals surface area (Å²) in [6, 6.07) is 0.100. The van der Waals surface area contributed by atoms with Crippen molar-refractivity contribution in [2.24, 2.45) is 10.8 Å². The molecular formula is C15H24N2O2. The first kappa shape index (κ1) is 12.9. The highest BCUT2D eigenvalue weighted by Crippen LogP contribution is 2.65. The molecule has 1 atom stereocenters. The van der Waals surface area contributed by atoms with Crippen molar-refractivity contribution in [3.05, 3.63) is 0 Å². The van der Waals surface area contributed by atoms with Gasteiger partial charge in [-0.1, -0.05) is 27.7 Å². The van der Waals surface area contributed by atoms with E-state index < -0.39 is 0 Å². The monoisotopic (exact) mass is 264 g/mol. The maximum atomic E-state index is 12.8. The summed E-state index contributed by atoms with van der Waals surface area (Å²) in [5, 5.41) is 0. The molecule has 4 heteroatoms. The third-order valence-electron chi connectivity index (χ3n) is 5.96. The molecule has 2 saturated heterocycles. The predicted molar refractivity (Wildman–Crippen MR) is 72.4 cm³/mol. The van der Waals surface area contributed by atoms with Crippen molar-refractivity contribution >= 4 is 11.8 Å². The highest BCUT2D eigenvalue weighted by Gasteiger charge is 2.68. The van der Waals surface area contributed by atoms with E-state index in [0.717, 1.165) is 19.4 Å². The highest BCUT2D eigenvalue weighted by molar-refractivity contribution is 5.91. The Morgan fingerprint density at radius 3 is 2.21 bits per heavy atom. The van der Waals surface area contributed by atoms with Crippen LogP contribution in [0.5, 0.6) is 0 Å². The lowest BCUT2D eigenvalue weighted by molar-refractivity contribution is -0.140. The fraction of sp³-hybridized carbons (Fsp3) is 0.867. The first-order valence-electron chi connectivity index (χ1n) is 7.38. The number of rotatable bonds is 1. The zero-order chi connectivity index (χ0) is 14.0. The molecular weight excluding hydrogens is 240 g/mol. The fourth-order valence-electron chi connectivity index (χ4n) is 4.18. The molecule has 106 valence electrons. The summed E-state index contributed by atoms with van der Waals surface area (Å²) in [5.74, 6) is 0.349. The zero-order valence-electron chi connectivity index (χ0n) is 12.4. The number of carbonyl (C=O) groups excluding carboxylic acids is 2. The van der Waals surface area contributed by atoms with Gasteiger partial charge in [0.25, 0.3) is 0 Å². The Morgan fingerprint density at radius 2 is 1.63 bits per heavy atom. The maximum Gasteiger partial charge on any atom is 0.245 e. The van der Waals surface area contributed by atoms with E-state index in [1.54, 1.807) is 0 Å². The minimum Gasteiger partial charge on any atom is -0.336 e. The number of hydrogen-bond donors (Lipinski definition) is 0. The Kier molecular flexibility index (Phi) is 2.55. The first-order chi connectivity index (χ1) is 8.78. The fourth-order valence-corrected chi connectivity index (χ4v) is 4.18. The van der Waals surface area contributed by atoms with Crippen LogP contribution in [-0.4, -0.2) is 46.8 Å². The molecule has 2 amide bonds. The van der Waals surface area contributed by atoms with Crippen LogP contribution in [0.2, 0.25) is 0 Å². The van der Waals surface area contributed by atoms with Gasteiger partial charge in [-0.25, -0.2) is 0 Å². The summed E-state index contributed by atoms with van der Waals surface area (Å²) < 4.78 is 0. The Balaban J connectivity index is 1.88. The quantitative estimate of drug-likeness (QED) is 0.722. The van der Waals surface area contributed by atoms with Gasteiger partial charge in [-0.2, -0.15) is 0 Å². The third-order valence-corrected chi connectivity index (χ3v) is 5.96. The standard InChI is InChI=1S/C15H24N2O2/c1-14(2)13(15(14,3)4)17-9-7-11(18)16-8-5-6-10(16)12(17)19/h10,13H,5-9H2,1-4H3. The van der Waals surface area contributed by atoms with Crippen LogP contribution < -0.4 is 0 Å². The lowest BCUT2D eigenvalue weighted by Gasteiger charge is -2.27. The Morgan fingerprint density at radius 1 is 1.00 bits per heavy atom. The van der Waals surface area contributed by atoms with Crippen LogP contribution in [0, 0.1) is 10.8 Å². The normalized spacial score (nSPS) is 33.4. The second kappa shape index (κ2) is 3.74. The Labute approximate surface area is 115 Å². The number of amides is 2. The predicted octanol–water partition coefficient (Wildman–Crippen LogP) is 1.64. The SMILES string of the molecule is CC1(C)C(N2CCC(=O)N3CCCC3C2=O)C1(C)C. The molecule has 0 bridgehead atoms. The molecule has 0 aromatic heterocycles. The molecule has 3 rings (SSSR count). The van der Waals surface area contributed by atoms with Crippen LogP contribution in [-0.2, 0) is 9.59 Å². The van der Waals surface area contributed by atoms with Crippen molar-refractivity contribution < 1.29 is 9.59 Å². The molecule has 3 fully saturated rings. The van der Waals surface area contributed by atoms with Gasteiger partial charge in [0, 0.05) is 25.6 Å². The van der Waals surface area contributed by atoms with Crippen molar-refractivity contribution in [1.82, 2.24) is 9.80 Å².